The molecule has 0 spiro atoms. The first-order valence-corrected chi connectivity index (χ1v) is 11.9. The number of ether oxygens (including phenoxy) is 1. The molecule has 2 aliphatic rings. The second kappa shape index (κ2) is 9.64. The first-order chi connectivity index (χ1) is 16.5. The van der Waals surface area contributed by atoms with Crippen LogP contribution in [0, 0.1) is 5.82 Å². The number of amides is 1. The van der Waals surface area contributed by atoms with Crippen LogP contribution < -0.4 is 20.4 Å². The number of halogens is 2. The maximum absolute atomic E-state index is 14.0. The molecule has 0 unspecified atom stereocenters. The van der Waals surface area contributed by atoms with Crippen molar-refractivity contribution in [1.29, 1.82) is 0 Å². The highest BCUT2D eigenvalue weighted by molar-refractivity contribution is 6.35. The van der Waals surface area contributed by atoms with Gasteiger partial charge in [-0.15, -0.1) is 0 Å². The molecular weight excluding hydrogens is 459 g/mol. The minimum absolute atomic E-state index is 0.0898. The molecule has 1 N–H and O–H groups in total. The standard InChI is InChI=1S/C25H26ClFN4O3/c26-18-6-7-21-23-22(18)24(32)17(16-31(23)14-15-34-21)25(33)28-8-3-9-29-10-12-30(13-11-29)20-5-2-1-4-19(20)27/h1-2,4-7,16H,3,8-15H2,(H,28,33). The summed E-state index contributed by atoms with van der Waals surface area (Å²) in [5, 5.41) is 3.51. The lowest BCUT2D eigenvalue weighted by molar-refractivity contribution is 0.0949. The van der Waals surface area contributed by atoms with Crippen LogP contribution in [-0.2, 0) is 6.54 Å². The zero-order valence-electron chi connectivity index (χ0n) is 18.7. The smallest absolute Gasteiger partial charge is 0.256 e. The molecule has 1 aromatic heterocycles. The monoisotopic (exact) mass is 484 g/mol. The summed E-state index contributed by atoms with van der Waals surface area (Å²) in [6.45, 7) is 5.48. The van der Waals surface area contributed by atoms with Gasteiger partial charge in [0.25, 0.3) is 5.91 Å². The van der Waals surface area contributed by atoms with Crippen molar-refractivity contribution < 1.29 is 13.9 Å². The average molecular weight is 485 g/mol. The van der Waals surface area contributed by atoms with Crippen molar-refractivity contribution in [2.45, 2.75) is 13.0 Å². The molecule has 0 bridgehead atoms. The molecule has 1 amide bonds. The number of rotatable bonds is 6. The van der Waals surface area contributed by atoms with Gasteiger partial charge < -0.3 is 19.5 Å². The second-order valence-electron chi connectivity index (χ2n) is 8.57. The quantitative estimate of drug-likeness (QED) is 0.544. The Morgan fingerprint density at radius 1 is 1.09 bits per heavy atom. The maximum atomic E-state index is 14.0. The van der Waals surface area contributed by atoms with Crippen LogP contribution in [0.1, 0.15) is 16.8 Å². The molecule has 2 aliphatic heterocycles. The van der Waals surface area contributed by atoms with E-state index in [0.29, 0.717) is 47.1 Å². The molecule has 178 valence electrons. The molecule has 3 aromatic rings. The highest BCUT2D eigenvalue weighted by Crippen LogP contribution is 2.32. The summed E-state index contributed by atoms with van der Waals surface area (Å²) < 4.78 is 21.5. The van der Waals surface area contributed by atoms with E-state index in [1.807, 2.05) is 16.7 Å². The molecule has 1 saturated heterocycles. The minimum atomic E-state index is -0.395. The third-order valence-electron chi connectivity index (χ3n) is 6.47. The fourth-order valence-electron chi connectivity index (χ4n) is 4.69. The lowest BCUT2D eigenvalue weighted by atomic mass is 10.1. The van der Waals surface area contributed by atoms with Gasteiger partial charge in [-0.2, -0.15) is 0 Å². The molecule has 9 heteroatoms. The summed E-state index contributed by atoms with van der Waals surface area (Å²) in [6.07, 6.45) is 2.36. The number of aromatic nitrogens is 1. The Morgan fingerprint density at radius 2 is 1.88 bits per heavy atom. The fourth-order valence-corrected chi connectivity index (χ4v) is 4.93. The number of benzene rings is 2. The van der Waals surface area contributed by atoms with Gasteiger partial charge in [-0.25, -0.2) is 4.39 Å². The van der Waals surface area contributed by atoms with E-state index < -0.39 is 5.91 Å². The SMILES string of the molecule is O=C(NCCCN1CCN(c2ccccc2F)CC1)c1cn2c3c(ccc(Cl)c3c1=O)OCC2. The van der Waals surface area contributed by atoms with Gasteiger partial charge in [0.15, 0.2) is 0 Å². The minimum Gasteiger partial charge on any atom is -0.490 e. The molecule has 0 saturated carbocycles. The number of piperazine rings is 1. The summed E-state index contributed by atoms with van der Waals surface area (Å²) in [5.74, 6) is 0.0141. The number of pyridine rings is 1. The largest absolute Gasteiger partial charge is 0.490 e. The number of hydrogen-bond donors (Lipinski definition) is 1. The fraction of sp³-hybridized carbons (Fsp3) is 0.360. The normalized spacial score (nSPS) is 15.9. The molecule has 1 fully saturated rings. The highest BCUT2D eigenvalue weighted by Gasteiger charge is 2.22. The molecule has 5 rings (SSSR count). The Balaban J connectivity index is 1.16. The summed E-state index contributed by atoms with van der Waals surface area (Å²) in [7, 11) is 0. The number of nitrogens with one attached hydrogen (secondary N) is 1. The van der Waals surface area contributed by atoms with E-state index in [0.717, 1.165) is 39.1 Å². The Bertz CT molecular complexity index is 1290. The molecule has 0 radical (unpaired) electrons. The van der Waals surface area contributed by atoms with Crippen molar-refractivity contribution >= 4 is 34.1 Å². The second-order valence-corrected chi connectivity index (χ2v) is 8.98. The Labute approximate surface area is 201 Å². The summed E-state index contributed by atoms with van der Waals surface area (Å²) >= 11 is 6.30. The number of para-hydroxylation sites is 1. The topological polar surface area (TPSA) is 66.8 Å². The van der Waals surface area contributed by atoms with Crippen molar-refractivity contribution in [2.75, 3.05) is 50.8 Å². The summed E-state index contributed by atoms with van der Waals surface area (Å²) in [5.41, 5.74) is 0.987. The number of carbonyl (C=O) groups is 1. The van der Waals surface area contributed by atoms with Crippen molar-refractivity contribution in [2.24, 2.45) is 0 Å². The first-order valence-electron chi connectivity index (χ1n) is 11.5. The van der Waals surface area contributed by atoms with E-state index in [1.165, 1.54) is 6.07 Å². The van der Waals surface area contributed by atoms with E-state index in [-0.39, 0.29) is 16.8 Å². The lowest BCUT2D eigenvalue weighted by Crippen LogP contribution is -2.47. The zero-order chi connectivity index (χ0) is 23.7. The van der Waals surface area contributed by atoms with Crippen molar-refractivity contribution in [3.05, 3.63) is 69.2 Å². The molecule has 0 aliphatic carbocycles. The summed E-state index contributed by atoms with van der Waals surface area (Å²) in [4.78, 5) is 30.2. The van der Waals surface area contributed by atoms with Crippen LogP contribution in [0.4, 0.5) is 10.1 Å². The maximum Gasteiger partial charge on any atom is 0.256 e. The van der Waals surface area contributed by atoms with E-state index in [2.05, 4.69) is 15.1 Å². The number of anilines is 1. The van der Waals surface area contributed by atoms with E-state index in [4.69, 9.17) is 16.3 Å². The van der Waals surface area contributed by atoms with Gasteiger partial charge >= 0.3 is 0 Å². The highest BCUT2D eigenvalue weighted by atomic mass is 35.5. The van der Waals surface area contributed by atoms with Crippen LogP contribution in [-0.4, -0.2) is 61.2 Å². The van der Waals surface area contributed by atoms with Gasteiger partial charge in [-0.1, -0.05) is 23.7 Å². The Kier molecular flexibility index (Phi) is 6.43. The predicted octanol–water partition coefficient (Wildman–Crippen LogP) is 3.13. The molecule has 34 heavy (non-hydrogen) atoms. The predicted molar refractivity (Wildman–Crippen MR) is 131 cm³/mol. The Hall–Kier alpha value is -3.10. The molecule has 0 atom stereocenters. The summed E-state index contributed by atoms with van der Waals surface area (Å²) in [6, 6.07) is 10.2. The van der Waals surface area contributed by atoms with Crippen LogP contribution >= 0.6 is 11.6 Å². The zero-order valence-corrected chi connectivity index (χ0v) is 19.5. The van der Waals surface area contributed by atoms with E-state index in [1.54, 1.807) is 24.4 Å². The van der Waals surface area contributed by atoms with E-state index in [9.17, 15) is 14.0 Å². The average Bonchev–Trinajstić information content (AvgIpc) is 2.85. The number of nitrogens with zero attached hydrogens (tertiary/aromatic N) is 3. The molecular formula is C25H26ClFN4O3. The number of hydrogen-bond acceptors (Lipinski definition) is 5. The number of carbonyl (C=O) groups excluding carboxylic acids is 1. The van der Waals surface area contributed by atoms with Gasteiger partial charge in [-0.05, 0) is 37.2 Å². The van der Waals surface area contributed by atoms with E-state index >= 15 is 0 Å². The molecule has 3 heterocycles. The Morgan fingerprint density at radius 3 is 2.68 bits per heavy atom. The van der Waals surface area contributed by atoms with Gasteiger partial charge in [-0.3, -0.25) is 14.5 Å². The third-order valence-corrected chi connectivity index (χ3v) is 6.79. The molecule has 7 nitrogen and oxygen atoms in total. The van der Waals surface area contributed by atoms with Gasteiger partial charge in [0.1, 0.15) is 23.7 Å². The lowest BCUT2D eigenvalue weighted by Gasteiger charge is -2.36. The van der Waals surface area contributed by atoms with Crippen molar-refractivity contribution in [1.82, 2.24) is 14.8 Å². The van der Waals surface area contributed by atoms with Gasteiger partial charge in [0.05, 0.1) is 28.2 Å². The van der Waals surface area contributed by atoms with Crippen LogP contribution in [0.2, 0.25) is 5.02 Å². The van der Waals surface area contributed by atoms with Crippen molar-refractivity contribution in [3.8, 4) is 5.75 Å². The van der Waals surface area contributed by atoms with Crippen LogP contribution in [0.15, 0.2) is 47.4 Å². The van der Waals surface area contributed by atoms with Gasteiger partial charge in [0, 0.05) is 38.9 Å². The van der Waals surface area contributed by atoms with Crippen LogP contribution in [0.25, 0.3) is 10.9 Å². The third kappa shape index (κ3) is 4.35. The van der Waals surface area contributed by atoms with Crippen LogP contribution in [0.3, 0.4) is 0 Å². The van der Waals surface area contributed by atoms with Gasteiger partial charge in [0.2, 0.25) is 5.43 Å². The first kappa shape index (κ1) is 22.7. The van der Waals surface area contributed by atoms with Crippen LogP contribution in [0.5, 0.6) is 5.75 Å². The molecule has 2 aromatic carbocycles. The van der Waals surface area contributed by atoms with Crippen molar-refractivity contribution in [3.63, 3.8) is 0 Å².